The molecule has 0 radical (unpaired) electrons. The van der Waals surface area contributed by atoms with Crippen molar-refractivity contribution in [3.05, 3.63) is 22.3 Å². The van der Waals surface area contributed by atoms with Crippen molar-refractivity contribution in [1.82, 2.24) is 10.3 Å². The highest BCUT2D eigenvalue weighted by Crippen LogP contribution is 2.35. The average molecular weight is 378 g/mol. The fraction of sp³-hybridized carbons (Fsp3) is 0.571. The zero-order valence-electron chi connectivity index (χ0n) is 11.7. The van der Waals surface area contributed by atoms with E-state index in [1.807, 2.05) is 4.90 Å². The fourth-order valence-electron chi connectivity index (χ4n) is 2.53. The number of aromatic nitrogens is 1. The molecule has 120 valence electrons. The Hall–Kier alpha value is -1.31. The molecule has 0 spiro atoms. The molecule has 22 heavy (non-hydrogen) atoms. The van der Waals surface area contributed by atoms with Gasteiger partial charge in [-0.05, 0) is 41.3 Å². The molecule has 1 saturated carbocycles. The topological polar surface area (TPSA) is 45.2 Å². The number of pyridine rings is 1. The number of nitrogens with one attached hydrogen (secondary N) is 1. The third-order valence-corrected chi connectivity index (χ3v) is 4.51. The zero-order valence-corrected chi connectivity index (χ0v) is 13.2. The molecule has 1 aliphatic carbocycles. The summed E-state index contributed by atoms with van der Waals surface area (Å²) in [5.74, 6) is 0.361. The van der Waals surface area contributed by atoms with Crippen molar-refractivity contribution in [2.75, 3.05) is 18.0 Å². The number of halogens is 4. The lowest BCUT2D eigenvalue weighted by atomic mass is 10.1. The van der Waals surface area contributed by atoms with Gasteiger partial charge >= 0.3 is 6.18 Å². The molecule has 1 aromatic rings. The standard InChI is InChI=1S/C14H15BrF3N3O/c15-11-5-9(14(16,17)18)6-19-12(11)21-4-3-8(7-21)13(22)20-10-1-2-10/h5-6,8,10H,1-4,7H2,(H,20,22). The number of carbonyl (C=O) groups excluding carboxylic acids is 1. The molecule has 2 fully saturated rings. The minimum Gasteiger partial charge on any atom is -0.355 e. The van der Waals surface area contributed by atoms with Crippen LogP contribution >= 0.6 is 15.9 Å². The van der Waals surface area contributed by atoms with Crippen LogP contribution in [0.15, 0.2) is 16.7 Å². The van der Waals surface area contributed by atoms with Crippen molar-refractivity contribution in [3.8, 4) is 0 Å². The zero-order chi connectivity index (χ0) is 15.9. The predicted octanol–water partition coefficient (Wildman–Crippen LogP) is 2.97. The summed E-state index contributed by atoms with van der Waals surface area (Å²) in [7, 11) is 0. The lowest BCUT2D eigenvalue weighted by Gasteiger charge is -2.19. The Kier molecular flexibility index (Phi) is 4.05. The number of hydrogen-bond acceptors (Lipinski definition) is 3. The van der Waals surface area contributed by atoms with Gasteiger partial charge in [0.2, 0.25) is 5.91 Å². The highest BCUT2D eigenvalue weighted by molar-refractivity contribution is 9.10. The Labute approximate surface area is 134 Å². The van der Waals surface area contributed by atoms with Crippen molar-refractivity contribution in [2.45, 2.75) is 31.5 Å². The van der Waals surface area contributed by atoms with Crippen LogP contribution in [0.25, 0.3) is 0 Å². The van der Waals surface area contributed by atoms with E-state index in [0.717, 1.165) is 25.1 Å². The predicted molar refractivity (Wildman–Crippen MR) is 78.4 cm³/mol. The van der Waals surface area contributed by atoms with Crippen molar-refractivity contribution >= 4 is 27.7 Å². The van der Waals surface area contributed by atoms with Gasteiger partial charge in [0.05, 0.1) is 16.0 Å². The van der Waals surface area contributed by atoms with Crippen LogP contribution < -0.4 is 10.2 Å². The molecule has 1 amide bonds. The van der Waals surface area contributed by atoms with E-state index in [4.69, 9.17) is 0 Å². The molecule has 1 aliphatic heterocycles. The smallest absolute Gasteiger partial charge is 0.355 e. The van der Waals surface area contributed by atoms with Crippen molar-refractivity contribution in [2.24, 2.45) is 5.92 Å². The lowest BCUT2D eigenvalue weighted by Crippen LogP contribution is -2.34. The first-order chi connectivity index (χ1) is 10.3. The summed E-state index contributed by atoms with van der Waals surface area (Å²) in [6, 6.07) is 1.34. The van der Waals surface area contributed by atoms with Crippen LogP contribution in [0.5, 0.6) is 0 Å². The molecule has 3 rings (SSSR count). The Balaban J connectivity index is 1.68. The van der Waals surface area contributed by atoms with Crippen LogP contribution in [0.4, 0.5) is 19.0 Å². The van der Waals surface area contributed by atoms with Crippen LogP contribution in [0.2, 0.25) is 0 Å². The first-order valence-corrected chi connectivity index (χ1v) is 7.92. The van der Waals surface area contributed by atoms with Gasteiger partial charge in [-0.15, -0.1) is 0 Å². The fourth-order valence-corrected chi connectivity index (χ4v) is 3.13. The molecule has 8 heteroatoms. The van der Waals surface area contributed by atoms with Gasteiger partial charge in [-0.25, -0.2) is 4.98 Å². The van der Waals surface area contributed by atoms with Gasteiger partial charge in [-0.3, -0.25) is 4.79 Å². The quantitative estimate of drug-likeness (QED) is 0.880. The van der Waals surface area contributed by atoms with E-state index in [0.29, 0.717) is 35.8 Å². The molecule has 0 aromatic carbocycles. The molecule has 1 saturated heterocycles. The summed E-state index contributed by atoms with van der Waals surface area (Å²) < 4.78 is 38.2. The van der Waals surface area contributed by atoms with E-state index in [9.17, 15) is 18.0 Å². The molecule has 1 aromatic heterocycles. The van der Waals surface area contributed by atoms with Gasteiger partial charge in [0, 0.05) is 25.3 Å². The number of amides is 1. The monoisotopic (exact) mass is 377 g/mol. The normalized spacial score (nSPS) is 22.0. The summed E-state index contributed by atoms with van der Waals surface area (Å²) >= 11 is 3.15. The van der Waals surface area contributed by atoms with Gasteiger partial charge in [-0.1, -0.05) is 0 Å². The molecule has 2 heterocycles. The third-order valence-electron chi connectivity index (χ3n) is 3.93. The lowest BCUT2D eigenvalue weighted by molar-refractivity contribution is -0.137. The van der Waals surface area contributed by atoms with Crippen molar-refractivity contribution < 1.29 is 18.0 Å². The van der Waals surface area contributed by atoms with Gasteiger partial charge in [0.15, 0.2) is 0 Å². The van der Waals surface area contributed by atoms with Gasteiger partial charge < -0.3 is 10.2 Å². The van der Waals surface area contributed by atoms with Gasteiger partial charge in [-0.2, -0.15) is 13.2 Å². The second-order valence-electron chi connectivity index (χ2n) is 5.74. The maximum atomic E-state index is 12.6. The van der Waals surface area contributed by atoms with E-state index in [1.165, 1.54) is 0 Å². The molecule has 1 unspecified atom stereocenters. The Morgan fingerprint density at radius 1 is 1.36 bits per heavy atom. The summed E-state index contributed by atoms with van der Waals surface area (Å²) in [6.45, 7) is 1.09. The number of carbonyl (C=O) groups is 1. The van der Waals surface area contributed by atoms with Crippen molar-refractivity contribution in [1.29, 1.82) is 0 Å². The maximum absolute atomic E-state index is 12.6. The average Bonchev–Trinajstić information content (AvgIpc) is 3.11. The first-order valence-electron chi connectivity index (χ1n) is 7.12. The van der Waals surface area contributed by atoms with Crippen LogP contribution in [0.1, 0.15) is 24.8 Å². The summed E-state index contributed by atoms with van der Waals surface area (Å²) in [4.78, 5) is 17.8. The van der Waals surface area contributed by atoms with Crippen LogP contribution in [0.3, 0.4) is 0 Å². The third kappa shape index (κ3) is 3.37. The second kappa shape index (κ2) is 5.72. The number of hydrogen-bond donors (Lipinski definition) is 1. The molecule has 2 aliphatic rings. The molecular weight excluding hydrogens is 363 g/mol. The number of nitrogens with zero attached hydrogens (tertiary/aromatic N) is 2. The van der Waals surface area contributed by atoms with Crippen LogP contribution in [-0.4, -0.2) is 30.0 Å². The van der Waals surface area contributed by atoms with Gasteiger partial charge in [0.1, 0.15) is 5.82 Å². The first kappa shape index (κ1) is 15.6. The minimum absolute atomic E-state index is 0.0352. The van der Waals surface area contributed by atoms with Gasteiger partial charge in [0.25, 0.3) is 0 Å². The second-order valence-corrected chi connectivity index (χ2v) is 6.60. The largest absolute Gasteiger partial charge is 0.417 e. The van der Waals surface area contributed by atoms with Crippen molar-refractivity contribution in [3.63, 3.8) is 0 Å². The SMILES string of the molecule is O=C(NC1CC1)C1CCN(c2ncc(C(F)(F)F)cc2Br)C1. The molecular formula is C14H15BrF3N3O. The molecule has 0 bridgehead atoms. The van der Waals surface area contributed by atoms with E-state index < -0.39 is 11.7 Å². The Morgan fingerprint density at radius 2 is 2.09 bits per heavy atom. The number of anilines is 1. The Morgan fingerprint density at radius 3 is 2.68 bits per heavy atom. The van der Waals surface area contributed by atoms with E-state index >= 15 is 0 Å². The van der Waals surface area contributed by atoms with Crippen LogP contribution in [0, 0.1) is 5.92 Å². The van der Waals surface area contributed by atoms with E-state index in [1.54, 1.807) is 0 Å². The molecule has 1 atom stereocenters. The summed E-state index contributed by atoms with van der Waals surface area (Å²) in [6.07, 6.45) is -0.820. The molecule has 4 nitrogen and oxygen atoms in total. The molecule has 1 N–H and O–H groups in total. The van der Waals surface area contributed by atoms with Crippen LogP contribution in [-0.2, 0) is 11.0 Å². The summed E-state index contributed by atoms with van der Waals surface area (Å²) in [5, 5.41) is 2.96. The van der Waals surface area contributed by atoms with E-state index in [2.05, 4.69) is 26.2 Å². The Bertz CT molecular complexity index is 589. The summed E-state index contributed by atoms with van der Waals surface area (Å²) in [5.41, 5.74) is -0.787. The highest BCUT2D eigenvalue weighted by atomic mass is 79.9. The highest BCUT2D eigenvalue weighted by Gasteiger charge is 2.35. The number of rotatable bonds is 3. The minimum atomic E-state index is -4.41. The van der Waals surface area contributed by atoms with E-state index in [-0.39, 0.29) is 11.8 Å². The number of alkyl halides is 3. The maximum Gasteiger partial charge on any atom is 0.417 e.